The summed E-state index contributed by atoms with van der Waals surface area (Å²) < 4.78 is 0. The van der Waals surface area contributed by atoms with Gasteiger partial charge in [0.05, 0.1) is 5.02 Å². The summed E-state index contributed by atoms with van der Waals surface area (Å²) in [5.41, 5.74) is 1.71. The van der Waals surface area contributed by atoms with Crippen molar-refractivity contribution in [1.29, 1.82) is 0 Å². The van der Waals surface area contributed by atoms with Crippen LogP contribution in [0.15, 0.2) is 18.2 Å². The number of hydrogen-bond donors (Lipinski definition) is 0. The van der Waals surface area contributed by atoms with Gasteiger partial charge in [-0.15, -0.1) is 0 Å². The molecule has 17 heavy (non-hydrogen) atoms. The molecule has 1 aliphatic rings. The lowest BCUT2D eigenvalue weighted by Gasteiger charge is -2.14. The van der Waals surface area contributed by atoms with Gasteiger partial charge in [-0.1, -0.05) is 49.4 Å². The number of benzene rings is 1. The molecule has 0 unspecified atom stereocenters. The van der Waals surface area contributed by atoms with E-state index in [-0.39, 0.29) is 11.7 Å². The summed E-state index contributed by atoms with van der Waals surface area (Å²) in [6.45, 7) is 1.95. The van der Waals surface area contributed by atoms with Gasteiger partial charge in [-0.25, -0.2) is 0 Å². The van der Waals surface area contributed by atoms with Crippen LogP contribution in [0.25, 0.3) is 0 Å². The lowest BCUT2D eigenvalue weighted by atomic mass is 9.90. The standard InChI is InChI=1S/C15H19ClO/c1-11-7-6-10-13(14(11)16)15(17)12-8-4-2-3-5-9-12/h6-7,10,12H,2-5,8-9H2,1H3. The molecule has 2 rings (SSSR count). The number of halogens is 1. The molecule has 0 spiro atoms. The van der Waals surface area contributed by atoms with Crippen molar-refractivity contribution in [3.05, 3.63) is 34.3 Å². The number of ketones is 1. The van der Waals surface area contributed by atoms with Crippen LogP contribution in [-0.4, -0.2) is 5.78 Å². The smallest absolute Gasteiger partial charge is 0.167 e. The first-order valence-electron chi connectivity index (χ1n) is 6.49. The van der Waals surface area contributed by atoms with Crippen molar-refractivity contribution in [2.45, 2.75) is 45.4 Å². The Morgan fingerprint density at radius 1 is 1.18 bits per heavy atom. The van der Waals surface area contributed by atoms with Crippen molar-refractivity contribution in [3.63, 3.8) is 0 Å². The fourth-order valence-electron chi connectivity index (χ4n) is 2.60. The first-order valence-corrected chi connectivity index (χ1v) is 6.87. The normalized spacial score (nSPS) is 17.8. The second-order valence-corrected chi connectivity index (χ2v) is 5.37. The van der Waals surface area contributed by atoms with Crippen LogP contribution in [0.2, 0.25) is 5.02 Å². The molecule has 92 valence electrons. The molecule has 1 fully saturated rings. The van der Waals surface area contributed by atoms with E-state index in [0.717, 1.165) is 24.0 Å². The largest absolute Gasteiger partial charge is 0.294 e. The summed E-state index contributed by atoms with van der Waals surface area (Å²) in [6.07, 6.45) is 6.96. The monoisotopic (exact) mass is 250 g/mol. The Labute approximate surface area is 108 Å². The zero-order chi connectivity index (χ0) is 12.3. The summed E-state index contributed by atoms with van der Waals surface area (Å²) in [7, 11) is 0. The van der Waals surface area contributed by atoms with Crippen molar-refractivity contribution in [3.8, 4) is 0 Å². The average molecular weight is 251 g/mol. The maximum Gasteiger partial charge on any atom is 0.167 e. The predicted molar refractivity (Wildman–Crippen MR) is 71.7 cm³/mol. The van der Waals surface area contributed by atoms with Crippen LogP contribution in [0, 0.1) is 12.8 Å². The topological polar surface area (TPSA) is 17.1 Å². The molecule has 0 bridgehead atoms. The van der Waals surface area contributed by atoms with Gasteiger partial charge < -0.3 is 0 Å². The van der Waals surface area contributed by atoms with Crippen LogP contribution in [0.1, 0.15) is 54.4 Å². The zero-order valence-electron chi connectivity index (χ0n) is 10.3. The van der Waals surface area contributed by atoms with Crippen LogP contribution in [0.3, 0.4) is 0 Å². The lowest BCUT2D eigenvalue weighted by molar-refractivity contribution is 0.0908. The first-order chi connectivity index (χ1) is 8.20. The van der Waals surface area contributed by atoms with Crippen molar-refractivity contribution in [1.82, 2.24) is 0 Å². The van der Waals surface area contributed by atoms with Crippen LogP contribution in [0.4, 0.5) is 0 Å². The van der Waals surface area contributed by atoms with Gasteiger partial charge >= 0.3 is 0 Å². The van der Waals surface area contributed by atoms with E-state index in [9.17, 15) is 4.79 Å². The molecule has 0 aromatic heterocycles. The summed E-state index contributed by atoms with van der Waals surface area (Å²) in [5, 5.41) is 0.641. The van der Waals surface area contributed by atoms with E-state index in [2.05, 4.69) is 0 Å². The van der Waals surface area contributed by atoms with E-state index < -0.39 is 0 Å². The molecule has 0 atom stereocenters. The van der Waals surface area contributed by atoms with Crippen molar-refractivity contribution in [2.75, 3.05) is 0 Å². The molecular formula is C15H19ClO. The second-order valence-electron chi connectivity index (χ2n) is 4.99. The van der Waals surface area contributed by atoms with Crippen LogP contribution < -0.4 is 0 Å². The van der Waals surface area contributed by atoms with E-state index in [0.29, 0.717) is 5.02 Å². The van der Waals surface area contributed by atoms with Gasteiger partial charge in [0, 0.05) is 11.5 Å². The minimum absolute atomic E-state index is 0.191. The van der Waals surface area contributed by atoms with Gasteiger partial charge in [-0.3, -0.25) is 4.79 Å². The van der Waals surface area contributed by atoms with Crippen molar-refractivity contribution in [2.24, 2.45) is 5.92 Å². The molecule has 1 aromatic rings. The van der Waals surface area contributed by atoms with E-state index in [1.54, 1.807) is 0 Å². The molecular weight excluding hydrogens is 232 g/mol. The SMILES string of the molecule is Cc1cccc(C(=O)C2CCCCCC2)c1Cl. The quantitative estimate of drug-likeness (QED) is 0.544. The summed E-state index contributed by atoms with van der Waals surface area (Å²) in [6, 6.07) is 5.74. The molecule has 0 saturated heterocycles. The highest BCUT2D eigenvalue weighted by molar-refractivity contribution is 6.34. The Bertz CT molecular complexity index is 403. The minimum Gasteiger partial charge on any atom is -0.294 e. The number of carbonyl (C=O) groups excluding carboxylic acids is 1. The third-order valence-corrected chi connectivity index (χ3v) is 4.18. The highest BCUT2D eigenvalue weighted by Crippen LogP contribution is 2.29. The van der Waals surface area contributed by atoms with Gasteiger partial charge in [-0.05, 0) is 31.4 Å². The van der Waals surface area contributed by atoms with Gasteiger partial charge in [0.15, 0.2) is 5.78 Å². The number of hydrogen-bond acceptors (Lipinski definition) is 1. The summed E-state index contributed by atoms with van der Waals surface area (Å²) >= 11 is 6.23. The molecule has 1 saturated carbocycles. The number of carbonyl (C=O) groups is 1. The molecule has 1 nitrogen and oxygen atoms in total. The molecule has 0 N–H and O–H groups in total. The summed E-state index contributed by atoms with van der Waals surface area (Å²) in [5.74, 6) is 0.442. The first kappa shape index (κ1) is 12.6. The second kappa shape index (κ2) is 5.68. The maximum absolute atomic E-state index is 12.4. The molecule has 2 heteroatoms. The van der Waals surface area contributed by atoms with E-state index in [1.807, 2.05) is 25.1 Å². The highest BCUT2D eigenvalue weighted by Gasteiger charge is 2.23. The van der Waals surface area contributed by atoms with Crippen molar-refractivity contribution >= 4 is 17.4 Å². The Kier molecular flexibility index (Phi) is 4.22. The third-order valence-electron chi connectivity index (χ3n) is 3.68. The number of Topliss-reactive ketones (excluding diaryl/α,β-unsaturated/α-hetero) is 1. The van der Waals surface area contributed by atoms with Crippen LogP contribution in [-0.2, 0) is 0 Å². The van der Waals surface area contributed by atoms with Crippen molar-refractivity contribution < 1.29 is 4.79 Å². The Morgan fingerprint density at radius 2 is 1.82 bits per heavy atom. The minimum atomic E-state index is 0.191. The fourth-order valence-corrected chi connectivity index (χ4v) is 2.82. The van der Waals surface area contributed by atoms with Gasteiger partial charge in [0.25, 0.3) is 0 Å². The highest BCUT2D eigenvalue weighted by atomic mass is 35.5. The van der Waals surface area contributed by atoms with Crippen LogP contribution >= 0.6 is 11.6 Å². The molecule has 1 aliphatic carbocycles. The van der Waals surface area contributed by atoms with Gasteiger partial charge in [0.2, 0.25) is 0 Å². The molecule has 0 radical (unpaired) electrons. The van der Waals surface area contributed by atoms with E-state index in [4.69, 9.17) is 11.6 Å². The molecule has 0 aliphatic heterocycles. The van der Waals surface area contributed by atoms with Crippen LogP contribution in [0.5, 0.6) is 0 Å². The van der Waals surface area contributed by atoms with Gasteiger partial charge in [0.1, 0.15) is 0 Å². The van der Waals surface area contributed by atoms with E-state index in [1.165, 1.54) is 25.7 Å². The molecule has 0 amide bonds. The predicted octanol–water partition coefficient (Wildman–Crippen LogP) is 4.80. The molecule has 1 aromatic carbocycles. The number of aryl methyl sites for hydroxylation is 1. The lowest BCUT2D eigenvalue weighted by Crippen LogP contribution is -2.14. The Balaban J connectivity index is 2.20. The fraction of sp³-hybridized carbons (Fsp3) is 0.533. The third kappa shape index (κ3) is 2.90. The summed E-state index contributed by atoms with van der Waals surface area (Å²) in [4.78, 5) is 12.4. The zero-order valence-corrected chi connectivity index (χ0v) is 11.1. The number of rotatable bonds is 2. The van der Waals surface area contributed by atoms with E-state index >= 15 is 0 Å². The maximum atomic E-state index is 12.4. The molecule has 0 heterocycles. The average Bonchev–Trinajstić information content (AvgIpc) is 2.60. The van der Waals surface area contributed by atoms with Gasteiger partial charge in [-0.2, -0.15) is 0 Å². The Hall–Kier alpha value is -0.820. The Morgan fingerprint density at radius 3 is 2.47 bits per heavy atom.